The van der Waals surface area contributed by atoms with E-state index in [9.17, 15) is 4.79 Å². The largest absolute Gasteiger partial charge is 0.325 e. The van der Waals surface area contributed by atoms with E-state index in [1.165, 1.54) is 30.2 Å². The van der Waals surface area contributed by atoms with Crippen molar-refractivity contribution >= 4 is 23.4 Å². The molecule has 0 atom stereocenters. The monoisotopic (exact) mass is 344 g/mol. The smallest absolute Gasteiger partial charge is 0.234 e. The van der Waals surface area contributed by atoms with E-state index in [4.69, 9.17) is 0 Å². The normalized spacial score (nSPS) is 14.0. The quantitative estimate of drug-likeness (QED) is 0.774. The van der Waals surface area contributed by atoms with Crippen LogP contribution in [-0.4, -0.2) is 26.4 Å². The number of hydrogen-bond acceptors (Lipinski definition) is 4. The minimum absolute atomic E-state index is 0.00836. The second-order valence-electron chi connectivity index (χ2n) is 6.42. The van der Waals surface area contributed by atoms with E-state index < -0.39 is 0 Å². The van der Waals surface area contributed by atoms with Crippen LogP contribution in [0.25, 0.3) is 0 Å². The van der Waals surface area contributed by atoms with Gasteiger partial charge in [0.15, 0.2) is 5.16 Å². The number of anilines is 1. The van der Waals surface area contributed by atoms with Crippen molar-refractivity contribution in [3.63, 3.8) is 0 Å². The first-order valence-electron chi connectivity index (χ1n) is 8.51. The number of hydrogen-bond donors (Lipinski definition) is 1. The van der Waals surface area contributed by atoms with Gasteiger partial charge in [-0.25, -0.2) is 0 Å². The molecule has 0 saturated heterocycles. The summed E-state index contributed by atoms with van der Waals surface area (Å²) in [4.78, 5) is 12.3. The lowest BCUT2D eigenvalue weighted by molar-refractivity contribution is -0.113. The van der Waals surface area contributed by atoms with Gasteiger partial charge in [0.25, 0.3) is 0 Å². The fraction of sp³-hybridized carbons (Fsp3) is 0.500. The first-order chi connectivity index (χ1) is 11.6. The molecular formula is C18H24N4OS. The van der Waals surface area contributed by atoms with E-state index in [0.717, 1.165) is 35.2 Å². The molecule has 0 spiro atoms. The third kappa shape index (κ3) is 3.98. The molecular weight excluding hydrogens is 320 g/mol. The number of rotatable bonds is 7. The molecule has 0 radical (unpaired) electrons. The molecule has 24 heavy (non-hydrogen) atoms. The number of nitrogens with zero attached hydrogens (tertiary/aromatic N) is 3. The molecule has 1 aromatic carbocycles. The van der Waals surface area contributed by atoms with Crippen LogP contribution in [0.4, 0.5) is 5.69 Å². The molecule has 1 heterocycles. The molecule has 1 aliphatic carbocycles. The lowest BCUT2D eigenvalue weighted by Gasteiger charge is -2.10. The van der Waals surface area contributed by atoms with Gasteiger partial charge in [0.05, 0.1) is 5.75 Å². The Hall–Kier alpha value is -1.82. The maximum atomic E-state index is 12.3. The number of aryl methyl sites for hydroxylation is 2. The van der Waals surface area contributed by atoms with Crippen LogP contribution in [0, 0.1) is 13.8 Å². The molecule has 6 heteroatoms. The van der Waals surface area contributed by atoms with Gasteiger partial charge in [0, 0.05) is 18.2 Å². The number of aromatic nitrogens is 3. The Kier molecular flexibility index (Phi) is 5.23. The van der Waals surface area contributed by atoms with Gasteiger partial charge in [-0.1, -0.05) is 36.4 Å². The van der Waals surface area contributed by atoms with Crippen LogP contribution < -0.4 is 5.32 Å². The average molecular weight is 344 g/mol. The van der Waals surface area contributed by atoms with Crippen molar-refractivity contribution in [3.05, 3.63) is 35.2 Å². The summed E-state index contributed by atoms with van der Waals surface area (Å²) < 4.78 is 2.19. The predicted octanol–water partition coefficient (Wildman–Crippen LogP) is 3.91. The van der Waals surface area contributed by atoms with Crippen molar-refractivity contribution < 1.29 is 4.79 Å². The first-order valence-corrected chi connectivity index (χ1v) is 9.50. The lowest BCUT2D eigenvalue weighted by Crippen LogP contribution is -2.15. The summed E-state index contributed by atoms with van der Waals surface area (Å²) in [6, 6.07) is 6.04. The molecule has 0 bridgehead atoms. The number of carbonyl (C=O) groups excluding carboxylic acids is 1. The predicted molar refractivity (Wildman–Crippen MR) is 97.6 cm³/mol. The SMILES string of the molecule is CCCn1c(SCC(=O)Nc2ccc(C)cc2C)nnc1C1CC1. The third-order valence-corrected chi connectivity index (χ3v) is 5.09. The van der Waals surface area contributed by atoms with Crippen molar-refractivity contribution in [3.8, 4) is 0 Å². The summed E-state index contributed by atoms with van der Waals surface area (Å²) in [6.07, 6.45) is 3.46. The molecule has 1 saturated carbocycles. The van der Waals surface area contributed by atoms with Gasteiger partial charge >= 0.3 is 0 Å². The Bertz CT molecular complexity index is 737. The minimum atomic E-state index is -0.00836. The number of nitrogens with one attached hydrogen (secondary N) is 1. The van der Waals surface area contributed by atoms with E-state index in [0.29, 0.717) is 11.7 Å². The van der Waals surface area contributed by atoms with E-state index in [1.807, 2.05) is 26.0 Å². The van der Waals surface area contributed by atoms with Crippen LogP contribution in [0.3, 0.4) is 0 Å². The average Bonchev–Trinajstić information content (AvgIpc) is 3.31. The van der Waals surface area contributed by atoms with Crippen molar-refractivity contribution in [1.29, 1.82) is 0 Å². The topological polar surface area (TPSA) is 59.8 Å². The van der Waals surface area contributed by atoms with Gasteiger partial charge < -0.3 is 9.88 Å². The maximum absolute atomic E-state index is 12.3. The Balaban J connectivity index is 1.61. The fourth-order valence-corrected chi connectivity index (χ4v) is 3.53. The summed E-state index contributed by atoms with van der Waals surface area (Å²) in [7, 11) is 0. The van der Waals surface area contributed by atoms with Gasteiger partial charge in [-0.2, -0.15) is 0 Å². The highest BCUT2D eigenvalue weighted by molar-refractivity contribution is 7.99. The zero-order valence-electron chi connectivity index (χ0n) is 14.5. The Morgan fingerprint density at radius 3 is 2.79 bits per heavy atom. The minimum Gasteiger partial charge on any atom is -0.325 e. The zero-order valence-corrected chi connectivity index (χ0v) is 15.3. The Morgan fingerprint density at radius 1 is 1.33 bits per heavy atom. The van der Waals surface area contributed by atoms with Gasteiger partial charge in [-0.3, -0.25) is 4.79 Å². The van der Waals surface area contributed by atoms with Crippen molar-refractivity contribution in [2.45, 2.75) is 57.7 Å². The van der Waals surface area contributed by atoms with E-state index in [1.54, 1.807) is 0 Å². The van der Waals surface area contributed by atoms with Crippen LogP contribution in [-0.2, 0) is 11.3 Å². The summed E-state index contributed by atoms with van der Waals surface area (Å²) in [5.74, 6) is 2.00. The molecule has 1 N–H and O–H groups in total. The second-order valence-corrected chi connectivity index (χ2v) is 7.36. The molecule has 0 unspecified atom stereocenters. The molecule has 2 aromatic rings. The van der Waals surface area contributed by atoms with Gasteiger partial charge in [-0.05, 0) is 44.7 Å². The third-order valence-electron chi connectivity index (χ3n) is 4.12. The maximum Gasteiger partial charge on any atom is 0.234 e. The number of amides is 1. The lowest BCUT2D eigenvalue weighted by atomic mass is 10.1. The highest BCUT2D eigenvalue weighted by atomic mass is 32.2. The Morgan fingerprint density at radius 2 is 2.12 bits per heavy atom. The molecule has 1 amide bonds. The highest BCUT2D eigenvalue weighted by Crippen LogP contribution is 2.40. The first kappa shape index (κ1) is 17.0. The van der Waals surface area contributed by atoms with Crippen LogP contribution >= 0.6 is 11.8 Å². The van der Waals surface area contributed by atoms with Gasteiger partial charge in [-0.15, -0.1) is 10.2 Å². The van der Waals surface area contributed by atoms with Crippen LogP contribution in [0.1, 0.15) is 49.1 Å². The van der Waals surface area contributed by atoms with Crippen molar-refractivity contribution in [2.24, 2.45) is 0 Å². The standard InChI is InChI=1S/C18H24N4OS/c1-4-9-22-17(14-6-7-14)20-21-18(22)24-11-16(23)19-15-8-5-12(2)10-13(15)3/h5,8,10,14H,4,6-7,9,11H2,1-3H3,(H,19,23). The number of thioether (sulfide) groups is 1. The van der Waals surface area contributed by atoms with Crippen LogP contribution in [0.15, 0.2) is 23.4 Å². The summed E-state index contributed by atoms with van der Waals surface area (Å²) in [5.41, 5.74) is 3.15. The molecule has 1 aromatic heterocycles. The summed E-state index contributed by atoms with van der Waals surface area (Å²) in [5, 5.41) is 12.5. The van der Waals surface area contributed by atoms with Crippen LogP contribution in [0.2, 0.25) is 0 Å². The van der Waals surface area contributed by atoms with E-state index in [2.05, 4.69) is 33.1 Å². The molecule has 1 fully saturated rings. The molecule has 1 aliphatic rings. The van der Waals surface area contributed by atoms with Gasteiger partial charge in [0.1, 0.15) is 5.82 Å². The van der Waals surface area contributed by atoms with Crippen molar-refractivity contribution in [2.75, 3.05) is 11.1 Å². The van der Waals surface area contributed by atoms with Crippen LogP contribution in [0.5, 0.6) is 0 Å². The van der Waals surface area contributed by atoms with E-state index in [-0.39, 0.29) is 5.91 Å². The molecule has 128 valence electrons. The van der Waals surface area contributed by atoms with Gasteiger partial charge in [0.2, 0.25) is 5.91 Å². The molecule has 3 rings (SSSR count). The second kappa shape index (κ2) is 7.38. The van der Waals surface area contributed by atoms with E-state index >= 15 is 0 Å². The molecule has 0 aliphatic heterocycles. The van der Waals surface area contributed by atoms with Crippen molar-refractivity contribution in [1.82, 2.24) is 14.8 Å². The molecule has 5 nitrogen and oxygen atoms in total. The fourth-order valence-electron chi connectivity index (χ4n) is 2.75. The highest BCUT2D eigenvalue weighted by Gasteiger charge is 2.30. The number of carbonyl (C=O) groups is 1. The zero-order chi connectivity index (χ0) is 17.1. The Labute approximate surface area is 147 Å². The number of benzene rings is 1. The summed E-state index contributed by atoms with van der Waals surface area (Å²) >= 11 is 1.47. The summed E-state index contributed by atoms with van der Waals surface area (Å²) in [6.45, 7) is 7.12.